The van der Waals surface area contributed by atoms with Gasteiger partial charge in [0.2, 0.25) is 0 Å². The van der Waals surface area contributed by atoms with E-state index in [2.05, 4.69) is 35.4 Å². The Bertz CT molecular complexity index is 163. The van der Waals surface area contributed by atoms with Crippen molar-refractivity contribution in [1.29, 1.82) is 0 Å². The van der Waals surface area contributed by atoms with Crippen molar-refractivity contribution in [2.45, 2.75) is 117 Å². The van der Waals surface area contributed by atoms with Crippen molar-refractivity contribution in [3.05, 3.63) is 0 Å². The van der Waals surface area contributed by atoms with E-state index in [1.807, 2.05) is 0 Å². The second kappa shape index (κ2) is 21.7. The first kappa shape index (κ1) is 22.7. The van der Waals surface area contributed by atoms with Crippen LogP contribution in [0.15, 0.2) is 0 Å². The molecule has 134 valence electrons. The molecule has 0 aliphatic heterocycles. The van der Waals surface area contributed by atoms with Crippen LogP contribution in [-0.2, 0) is 0 Å². The number of hydrogen-bond donors (Lipinski definition) is 0. The molecule has 0 atom stereocenters. The zero-order valence-electron chi connectivity index (χ0n) is 15.5. The van der Waals surface area contributed by atoms with Crippen LogP contribution in [0.5, 0.6) is 0 Å². The van der Waals surface area contributed by atoms with E-state index in [1.54, 1.807) is 0 Å². The third-order valence-corrected chi connectivity index (χ3v) is 6.82. The lowest BCUT2D eigenvalue weighted by Crippen LogP contribution is -1.84. The Balaban J connectivity index is 2.91. The fourth-order valence-corrected chi connectivity index (χ4v) is 5.00. The molecule has 0 bridgehead atoms. The van der Waals surface area contributed by atoms with Gasteiger partial charge in [0.1, 0.15) is 0 Å². The number of hydrogen-bond acceptors (Lipinski definition) is 2. The highest BCUT2D eigenvalue weighted by atomic mass is 33.1. The molecule has 0 unspecified atom stereocenters. The maximum absolute atomic E-state index is 2.29. The summed E-state index contributed by atoms with van der Waals surface area (Å²) in [6.07, 6.45) is 23.1. The molecule has 0 spiro atoms. The van der Waals surface area contributed by atoms with Crippen molar-refractivity contribution < 1.29 is 0 Å². The van der Waals surface area contributed by atoms with Crippen LogP contribution in [0.4, 0.5) is 0 Å². The van der Waals surface area contributed by atoms with Gasteiger partial charge in [-0.1, -0.05) is 125 Å². The van der Waals surface area contributed by atoms with Gasteiger partial charge in [-0.05, 0) is 12.8 Å². The fraction of sp³-hybridized carbons (Fsp3) is 1.00. The summed E-state index contributed by atoms with van der Waals surface area (Å²) in [4.78, 5) is 0. The zero-order valence-corrected chi connectivity index (χ0v) is 17.2. The smallest absolute Gasteiger partial charge is 0.00369 e. The summed E-state index contributed by atoms with van der Waals surface area (Å²) in [5.41, 5.74) is 0. The SMILES string of the molecule is CCCCCCCCCCSSCCCCCCCCCC. The summed E-state index contributed by atoms with van der Waals surface area (Å²) in [6, 6.07) is 0. The van der Waals surface area contributed by atoms with Gasteiger partial charge in [0, 0.05) is 11.5 Å². The molecule has 0 saturated carbocycles. The summed E-state index contributed by atoms with van der Waals surface area (Å²) in [5.74, 6) is 2.74. The van der Waals surface area contributed by atoms with Crippen LogP contribution in [0.3, 0.4) is 0 Å². The molecule has 0 N–H and O–H groups in total. The van der Waals surface area contributed by atoms with Gasteiger partial charge in [-0.15, -0.1) is 0 Å². The van der Waals surface area contributed by atoms with Gasteiger partial charge in [0.05, 0.1) is 0 Å². The predicted molar refractivity (Wildman–Crippen MR) is 110 cm³/mol. The van der Waals surface area contributed by atoms with E-state index in [-0.39, 0.29) is 0 Å². The first-order chi connectivity index (χ1) is 10.9. The highest BCUT2D eigenvalue weighted by Gasteiger charge is 1.95. The first-order valence-corrected chi connectivity index (χ1v) is 12.6. The van der Waals surface area contributed by atoms with E-state index in [0.717, 1.165) is 0 Å². The second-order valence-electron chi connectivity index (χ2n) is 6.59. The lowest BCUT2D eigenvalue weighted by Gasteiger charge is -2.03. The molecular weight excluding hydrogens is 304 g/mol. The number of unbranched alkanes of at least 4 members (excludes halogenated alkanes) is 14. The zero-order chi connectivity index (χ0) is 16.1. The average molecular weight is 347 g/mol. The molecule has 0 heterocycles. The van der Waals surface area contributed by atoms with Crippen molar-refractivity contribution in [2.24, 2.45) is 0 Å². The van der Waals surface area contributed by atoms with Gasteiger partial charge in [-0.25, -0.2) is 0 Å². The molecule has 0 aromatic rings. The van der Waals surface area contributed by atoms with Crippen LogP contribution >= 0.6 is 21.6 Å². The van der Waals surface area contributed by atoms with E-state index in [0.29, 0.717) is 0 Å². The van der Waals surface area contributed by atoms with E-state index >= 15 is 0 Å². The Morgan fingerprint density at radius 1 is 0.364 bits per heavy atom. The molecule has 0 saturated heterocycles. The average Bonchev–Trinajstić information content (AvgIpc) is 2.54. The van der Waals surface area contributed by atoms with Crippen molar-refractivity contribution in [1.82, 2.24) is 0 Å². The molecule has 0 aromatic carbocycles. The maximum Gasteiger partial charge on any atom is 0.00369 e. The predicted octanol–water partition coefficient (Wildman–Crippen LogP) is 8.65. The summed E-state index contributed by atoms with van der Waals surface area (Å²) in [5, 5.41) is 0. The third-order valence-electron chi connectivity index (χ3n) is 4.25. The second-order valence-corrected chi connectivity index (χ2v) is 9.30. The van der Waals surface area contributed by atoms with Crippen LogP contribution in [0.25, 0.3) is 0 Å². The molecule has 0 aliphatic rings. The summed E-state index contributed by atoms with van der Waals surface area (Å²) in [6.45, 7) is 4.59. The lowest BCUT2D eigenvalue weighted by molar-refractivity contribution is 0.586. The van der Waals surface area contributed by atoms with Gasteiger partial charge in [-0.2, -0.15) is 0 Å². The Labute approximate surface area is 149 Å². The summed E-state index contributed by atoms with van der Waals surface area (Å²) >= 11 is 0. The monoisotopic (exact) mass is 346 g/mol. The molecule has 0 amide bonds. The molecule has 0 nitrogen and oxygen atoms in total. The maximum atomic E-state index is 2.29. The minimum absolute atomic E-state index is 1.37. The van der Waals surface area contributed by atoms with Crippen molar-refractivity contribution in [2.75, 3.05) is 11.5 Å². The van der Waals surface area contributed by atoms with Crippen LogP contribution < -0.4 is 0 Å². The molecule has 0 fully saturated rings. The quantitative estimate of drug-likeness (QED) is 0.169. The largest absolute Gasteiger partial charge is 0.0942 e. The van der Waals surface area contributed by atoms with Gasteiger partial charge >= 0.3 is 0 Å². The summed E-state index contributed by atoms with van der Waals surface area (Å²) in [7, 11) is 4.23. The van der Waals surface area contributed by atoms with Crippen molar-refractivity contribution in [3.8, 4) is 0 Å². The Hall–Kier alpha value is 0.700. The normalized spacial score (nSPS) is 11.2. The molecule has 0 radical (unpaired) electrons. The van der Waals surface area contributed by atoms with Gasteiger partial charge in [0.15, 0.2) is 0 Å². The van der Waals surface area contributed by atoms with E-state index in [4.69, 9.17) is 0 Å². The van der Waals surface area contributed by atoms with E-state index < -0.39 is 0 Å². The van der Waals surface area contributed by atoms with Crippen molar-refractivity contribution >= 4 is 21.6 Å². The van der Waals surface area contributed by atoms with Crippen molar-refractivity contribution in [3.63, 3.8) is 0 Å². The lowest BCUT2D eigenvalue weighted by atomic mass is 10.1. The molecular formula is C20H42S2. The van der Waals surface area contributed by atoms with Crippen LogP contribution in [-0.4, -0.2) is 11.5 Å². The summed E-state index contributed by atoms with van der Waals surface area (Å²) < 4.78 is 0. The van der Waals surface area contributed by atoms with Gasteiger partial charge in [0.25, 0.3) is 0 Å². The topological polar surface area (TPSA) is 0 Å². The standard InChI is InChI=1S/C20H42S2/c1-3-5-7-9-11-13-15-17-19-21-22-20-18-16-14-12-10-8-6-4-2/h3-20H2,1-2H3. The molecule has 22 heavy (non-hydrogen) atoms. The minimum atomic E-state index is 1.37. The van der Waals surface area contributed by atoms with E-state index in [9.17, 15) is 0 Å². The molecule has 0 rings (SSSR count). The van der Waals surface area contributed by atoms with Gasteiger partial charge in [-0.3, -0.25) is 0 Å². The molecule has 0 aromatic heterocycles. The highest BCUT2D eigenvalue weighted by Crippen LogP contribution is 2.24. The van der Waals surface area contributed by atoms with Crippen LogP contribution in [0, 0.1) is 0 Å². The fourth-order valence-electron chi connectivity index (χ4n) is 2.71. The van der Waals surface area contributed by atoms with E-state index in [1.165, 1.54) is 114 Å². The Morgan fingerprint density at radius 3 is 0.955 bits per heavy atom. The first-order valence-electron chi connectivity index (χ1n) is 10.2. The molecule has 2 heteroatoms. The molecule has 0 aliphatic carbocycles. The number of rotatable bonds is 19. The van der Waals surface area contributed by atoms with Crippen LogP contribution in [0.1, 0.15) is 117 Å². The Kier molecular flexibility index (Phi) is 22.4. The van der Waals surface area contributed by atoms with Crippen LogP contribution in [0.2, 0.25) is 0 Å². The van der Waals surface area contributed by atoms with Gasteiger partial charge < -0.3 is 0 Å². The minimum Gasteiger partial charge on any atom is -0.0942 e. The Morgan fingerprint density at radius 2 is 0.636 bits per heavy atom. The third kappa shape index (κ3) is 20.7. The highest BCUT2D eigenvalue weighted by molar-refractivity contribution is 8.76.